The summed E-state index contributed by atoms with van der Waals surface area (Å²) in [6.45, 7) is 5.54. The summed E-state index contributed by atoms with van der Waals surface area (Å²) in [5.74, 6) is -0.947. The molecule has 0 spiro atoms. The number of aliphatic carboxylic acids is 1. The van der Waals surface area contributed by atoms with Crippen LogP contribution in [0.25, 0.3) is 0 Å². The van der Waals surface area contributed by atoms with Gasteiger partial charge in [0.1, 0.15) is 17.7 Å². The minimum atomic E-state index is -1.08. The number of carbonyl (C=O) groups is 3. The minimum Gasteiger partial charge on any atom is -0.480 e. The van der Waals surface area contributed by atoms with Gasteiger partial charge >= 0.3 is 12.1 Å². The molecule has 0 aliphatic carbocycles. The second-order valence-electron chi connectivity index (χ2n) is 7.78. The van der Waals surface area contributed by atoms with Crippen LogP contribution < -0.4 is 5.32 Å². The summed E-state index contributed by atoms with van der Waals surface area (Å²) in [5.41, 5.74) is 1.23. The Bertz CT molecular complexity index is 732. The number of nitrogens with zero attached hydrogens (tertiary/aromatic N) is 1. The largest absolute Gasteiger partial charge is 0.480 e. The Labute approximate surface area is 169 Å². The summed E-state index contributed by atoms with van der Waals surface area (Å²) in [6, 6.07) is 5.80. The van der Waals surface area contributed by atoms with Gasteiger partial charge in [-0.3, -0.25) is 9.69 Å². The van der Waals surface area contributed by atoms with E-state index in [1.54, 1.807) is 20.8 Å². The van der Waals surface area contributed by atoms with E-state index in [-0.39, 0.29) is 6.54 Å². The van der Waals surface area contributed by atoms with E-state index in [1.807, 2.05) is 30.5 Å². The Morgan fingerprint density at radius 1 is 1.29 bits per heavy atom. The van der Waals surface area contributed by atoms with Crippen molar-refractivity contribution in [3.05, 3.63) is 35.4 Å². The molecule has 1 aliphatic heterocycles. The first-order chi connectivity index (χ1) is 13.1. The highest BCUT2D eigenvalue weighted by Crippen LogP contribution is 2.25. The molecule has 1 aliphatic rings. The van der Waals surface area contributed by atoms with Crippen LogP contribution >= 0.6 is 11.8 Å². The second kappa shape index (κ2) is 9.32. The van der Waals surface area contributed by atoms with E-state index in [4.69, 9.17) is 4.74 Å². The van der Waals surface area contributed by atoms with Crippen LogP contribution in [0.3, 0.4) is 0 Å². The highest BCUT2D eigenvalue weighted by Gasteiger charge is 2.38. The van der Waals surface area contributed by atoms with Gasteiger partial charge in [-0.15, -0.1) is 0 Å². The third kappa shape index (κ3) is 5.89. The highest BCUT2D eigenvalue weighted by molar-refractivity contribution is 7.98. The fourth-order valence-corrected chi connectivity index (χ4v) is 3.50. The number of carboxylic acid groups (broad SMARTS) is 1. The average molecular weight is 409 g/mol. The Morgan fingerprint density at radius 2 is 1.93 bits per heavy atom. The standard InChI is InChI=1S/C20H28N2O5S/c1-20(2,3)27-19(26)22-12-14-8-6-5-7-13(14)11-16(22)17(23)21-15(18(24)25)9-10-28-4/h5-8,15-16H,9-12H2,1-4H3,(H,21,23)(H,24,25)/t15-,16?/m1/s1. The lowest BCUT2D eigenvalue weighted by molar-refractivity contribution is -0.142. The maximum atomic E-state index is 12.9. The molecule has 0 saturated heterocycles. The number of hydrogen-bond acceptors (Lipinski definition) is 5. The topological polar surface area (TPSA) is 95.9 Å². The molecular weight excluding hydrogens is 380 g/mol. The Kier molecular flexibility index (Phi) is 7.35. The first-order valence-corrected chi connectivity index (χ1v) is 10.6. The van der Waals surface area contributed by atoms with E-state index >= 15 is 0 Å². The number of carbonyl (C=O) groups excluding carboxylic acids is 2. The lowest BCUT2D eigenvalue weighted by Gasteiger charge is -2.37. The van der Waals surface area contributed by atoms with Gasteiger partial charge in [-0.25, -0.2) is 9.59 Å². The van der Waals surface area contributed by atoms with Crippen molar-refractivity contribution < 1.29 is 24.2 Å². The highest BCUT2D eigenvalue weighted by atomic mass is 32.2. The molecule has 7 nitrogen and oxygen atoms in total. The second-order valence-corrected chi connectivity index (χ2v) is 8.76. The number of fused-ring (bicyclic) bond motifs is 1. The van der Waals surface area contributed by atoms with E-state index in [2.05, 4.69) is 5.32 Å². The minimum absolute atomic E-state index is 0.242. The molecule has 2 rings (SSSR count). The van der Waals surface area contributed by atoms with Crippen LogP contribution in [0.2, 0.25) is 0 Å². The van der Waals surface area contributed by atoms with Crippen molar-refractivity contribution in [1.29, 1.82) is 0 Å². The molecule has 1 heterocycles. The first-order valence-electron chi connectivity index (χ1n) is 9.21. The van der Waals surface area contributed by atoms with Crippen LogP contribution in [0.4, 0.5) is 4.79 Å². The van der Waals surface area contributed by atoms with Crippen LogP contribution in [0.15, 0.2) is 24.3 Å². The van der Waals surface area contributed by atoms with Crippen molar-refractivity contribution in [2.24, 2.45) is 0 Å². The molecule has 0 aromatic heterocycles. The monoisotopic (exact) mass is 408 g/mol. The van der Waals surface area contributed by atoms with E-state index in [0.717, 1.165) is 11.1 Å². The number of carboxylic acids is 1. The molecule has 28 heavy (non-hydrogen) atoms. The van der Waals surface area contributed by atoms with E-state index < -0.39 is 35.7 Å². The molecule has 2 atom stereocenters. The van der Waals surface area contributed by atoms with Crippen molar-refractivity contribution >= 4 is 29.7 Å². The van der Waals surface area contributed by atoms with Gasteiger partial charge in [-0.1, -0.05) is 24.3 Å². The molecule has 8 heteroatoms. The third-order valence-electron chi connectivity index (χ3n) is 4.40. The molecule has 2 N–H and O–H groups in total. The van der Waals surface area contributed by atoms with E-state index in [9.17, 15) is 19.5 Å². The Hall–Kier alpha value is -2.22. The third-order valence-corrected chi connectivity index (χ3v) is 5.05. The number of thioether (sulfide) groups is 1. The van der Waals surface area contributed by atoms with Gasteiger partial charge in [-0.05, 0) is 50.3 Å². The van der Waals surface area contributed by atoms with Crippen molar-refractivity contribution in [3.63, 3.8) is 0 Å². The zero-order valence-electron chi connectivity index (χ0n) is 16.7. The van der Waals surface area contributed by atoms with Crippen LogP contribution in [-0.2, 0) is 27.3 Å². The molecular formula is C20H28N2O5S. The van der Waals surface area contributed by atoms with Crippen LogP contribution in [0.5, 0.6) is 0 Å². The molecule has 0 saturated carbocycles. The van der Waals surface area contributed by atoms with Crippen LogP contribution in [-0.4, -0.2) is 57.7 Å². The molecule has 1 aromatic carbocycles. The van der Waals surface area contributed by atoms with E-state index in [1.165, 1.54) is 16.7 Å². The van der Waals surface area contributed by atoms with Gasteiger partial charge < -0.3 is 15.2 Å². The van der Waals surface area contributed by atoms with Crippen molar-refractivity contribution in [1.82, 2.24) is 10.2 Å². The van der Waals surface area contributed by atoms with Gasteiger partial charge in [0.15, 0.2) is 0 Å². The predicted molar refractivity (Wildman–Crippen MR) is 108 cm³/mol. The summed E-state index contributed by atoms with van der Waals surface area (Å²) in [4.78, 5) is 38.6. The molecule has 2 amide bonds. The van der Waals surface area contributed by atoms with Crippen molar-refractivity contribution in [2.75, 3.05) is 12.0 Å². The number of rotatable bonds is 6. The predicted octanol–water partition coefficient (Wildman–Crippen LogP) is 2.67. The zero-order chi connectivity index (χ0) is 20.9. The summed E-state index contributed by atoms with van der Waals surface area (Å²) in [7, 11) is 0. The van der Waals surface area contributed by atoms with Gasteiger partial charge in [-0.2, -0.15) is 11.8 Å². The van der Waals surface area contributed by atoms with Crippen LogP contribution in [0.1, 0.15) is 38.3 Å². The lowest BCUT2D eigenvalue weighted by Crippen LogP contribution is -2.56. The summed E-state index contributed by atoms with van der Waals surface area (Å²) in [5, 5.41) is 12.0. The molecule has 0 radical (unpaired) electrons. The molecule has 0 bridgehead atoms. The van der Waals surface area contributed by atoms with Gasteiger partial charge in [0.05, 0.1) is 6.54 Å². The lowest BCUT2D eigenvalue weighted by atomic mass is 9.93. The molecule has 1 aromatic rings. The number of amides is 2. The SMILES string of the molecule is CSCC[C@@H](NC(=O)C1Cc2ccccc2CN1C(=O)OC(C)(C)C)C(=O)O. The number of hydrogen-bond donors (Lipinski definition) is 2. The summed E-state index contributed by atoms with van der Waals surface area (Å²) < 4.78 is 5.48. The zero-order valence-corrected chi connectivity index (χ0v) is 17.5. The Balaban J connectivity index is 2.24. The van der Waals surface area contributed by atoms with Gasteiger partial charge in [0, 0.05) is 6.42 Å². The smallest absolute Gasteiger partial charge is 0.411 e. The summed E-state index contributed by atoms with van der Waals surface area (Å²) >= 11 is 1.51. The normalized spacial score (nSPS) is 17.4. The molecule has 1 unspecified atom stereocenters. The fraction of sp³-hybridized carbons (Fsp3) is 0.550. The quantitative estimate of drug-likeness (QED) is 0.751. The molecule has 154 valence electrons. The fourth-order valence-electron chi connectivity index (χ4n) is 3.03. The number of ether oxygens (including phenoxy) is 1. The maximum absolute atomic E-state index is 12.9. The van der Waals surface area contributed by atoms with Crippen molar-refractivity contribution in [3.8, 4) is 0 Å². The van der Waals surface area contributed by atoms with Gasteiger partial charge in [0.25, 0.3) is 0 Å². The number of nitrogens with one attached hydrogen (secondary N) is 1. The van der Waals surface area contributed by atoms with Gasteiger partial charge in [0.2, 0.25) is 5.91 Å². The van der Waals surface area contributed by atoms with Crippen LogP contribution in [0, 0.1) is 0 Å². The number of benzene rings is 1. The van der Waals surface area contributed by atoms with Crippen molar-refractivity contribution in [2.45, 2.75) is 57.8 Å². The maximum Gasteiger partial charge on any atom is 0.411 e. The van der Waals surface area contributed by atoms with E-state index in [0.29, 0.717) is 18.6 Å². The summed E-state index contributed by atoms with van der Waals surface area (Å²) in [6.07, 6.45) is 1.93. The molecule has 0 fully saturated rings. The average Bonchev–Trinajstić information content (AvgIpc) is 2.62. The Morgan fingerprint density at radius 3 is 2.50 bits per heavy atom. The first kappa shape index (κ1) is 22.1.